The van der Waals surface area contributed by atoms with Crippen LogP contribution in [0.3, 0.4) is 0 Å². The minimum Gasteiger partial charge on any atom is -0.464 e. The maximum atomic E-state index is 11.5. The first kappa shape index (κ1) is 17.4. The number of β-amino-alcohol motifs (C(OH)–C–C–N with tert-alkyl or cyclic N) is 1. The summed E-state index contributed by atoms with van der Waals surface area (Å²) in [7, 11) is 1.31. The molecular formula is C20H20N4O3. The monoisotopic (exact) mass is 364 g/mol. The van der Waals surface area contributed by atoms with E-state index >= 15 is 0 Å². The molecule has 7 heteroatoms. The van der Waals surface area contributed by atoms with Gasteiger partial charge in [-0.25, -0.2) is 14.8 Å². The molecular weight excluding hydrogens is 344 g/mol. The van der Waals surface area contributed by atoms with Crippen LogP contribution in [0, 0.1) is 5.92 Å². The molecule has 0 radical (unpaired) electrons. The summed E-state index contributed by atoms with van der Waals surface area (Å²) in [6, 6.07) is 10.1. The van der Waals surface area contributed by atoms with E-state index in [1.807, 2.05) is 35.4 Å². The topological polar surface area (TPSA) is 88.4 Å². The number of aliphatic hydroxyl groups excluding tert-OH is 1. The van der Waals surface area contributed by atoms with E-state index in [9.17, 15) is 9.90 Å². The van der Waals surface area contributed by atoms with Crippen LogP contribution in [0.4, 0.5) is 5.82 Å². The first-order valence-electron chi connectivity index (χ1n) is 8.81. The van der Waals surface area contributed by atoms with Crippen LogP contribution in [-0.4, -0.2) is 52.3 Å². The van der Waals surface area contributed by atoms with Crippen LogP contribution in [0.15, 0.2) is 48.9 Å². The van der Waals surface area contributed by atoms with Crippen molar-refractivity contribution in [3.63, 3.8) is 0 Å². The van der Waals surface area contributed by atoms with Crippen molar-refractivity contribution in [3.8, 4) is 0 Å². The number of hydrogen-bond acceptors (Lipinski definition) is 7. The quantitative estimate of drug-likeness (QED) is 0.707. The summed E-state index contributed by atoms with van der Waals surface area (Å²) in [4.78, 5) is 26.3. The van der Waals surface area contributed by atoms with Gasteiger partial charge in [-0.3, -0.25) is 4.98 Å². The van der Waals surface area contributed by atoms with Crippen LogP contribution >= 0.6 is 0 Å². The molecule has 3 aromatic rings. The number of aliphatic hydroxyl groups is 1. The Bertz CT molecular complexity index is 956. The second kappa shape index (κ2) is 7.28. The average molecular weight is 364 g/mol. The third kappa shape index (κ3) is 3.46. The minimum atomic E-state index is -0.516. The summed E-state index contributed by atoms with van der Waals surface area (Å²) >= 11 is 0. The number of ether oxygens (including phenoxy) is 1. The van der Waals surface area contributed by atoms with Gasteiger partial charge >= 0.3 is 5.97 Å². The molecule has 0 saturated carbocycles. The highest BCUT2D eigenvalue weighted by Crippen LogP contribution is 2.27. The lowest BCUT2D eigenvalue weighted by molar-refractivity contribution is 0.0593. The minimum absolute atomic E-state index is 0.0814. The van der Waals surface area contributed by atoms with Crippen LogP contribution in [0.5, 0.6) is 0 Å². The molecule has 1 aliphatic heterocycles. The maximum absolute atomic E-state index is 11.5. The molecule has 2 aromatic heterocycles. The molecule has 0 spiro atoms. The molecule has 27 heavy (non-hydrogen) atoms. The molecule has 1 aliphatic rings. The van der Waals surface area contributed by atoms with Crippen molar-refractivity contribution in [1.82, 2.24) is 15.0 Å². The fraction of sp³-hybridized carbons (Fsp3) is 0.300. The van der Waals surface area contributed by atoms with Crippen LogP contribution in [-0.2, 0) is 11.2 Å². The second-order valence-corrected chi connectivity index (χ2v) is 6.68. The Hall–Kier alpha value is -3.06. The Morgan fingerprint density at radius 1 is 1.19 bits per heavy atom. The number of pyridine rings is 1. The highest BCUT2D eigenvalue weighted by Gasteiger charge is 2.32. The molecule has 3 heterocycles. The molecule has 4 rings (SSSR count). The molecule has 138 valence electrons. The molecule has 1 fully saturated rings. The Balaban J connectivity index is 1.50. The predicted molar refractivity (Wildman–Crippen MR) is 101 cm³/mol. The van der Waals surface area contributed by atoms with Gasteiger partial charge in [0.1, 0.15) is 5.82 Å². The summed E-state index contributed by atoms with van der Waals surface area (Å²) in [5.74, 6) is 0.208. The molecule has 2 atom stereocenters. The lowest BCUT2D eigenvalue weighted by Gasteiger charge is -2.17. The summed E-state index contributed by atoms with van der Waals surface area (Å²) in [6.07, 6.45) is 5.06. The number of para-hydroxylation sites is 1. The predicted octanol–water partition coefficient (Wildman–Crippen LogP) is 1.85. The second-order valence-electron chi connectivity index (χ2n) is 6.68. The zero-order chi connectivity index (χ0) is 18.8. The van der Waals surface area contributed by atoms with Gasteiger partial charge in [0.25, 0.3) is 0 Å². The molecule has 0 aliphatic carbocycles. The third-order valence-corrected chi connectivity index (χ3v) is 4.98. The Morgan fingerprint density at radius 2 is 2.04 bits per heavy atom. The van der Waals surface area contributed by atoms with Crippen molar-refractivity contribution in [2.45, 2.75) is 12.5 Å². The number of anilines is 1. The highest BCUT2D eigenvalue weighted by atomic mass is 16.5. The van der Waals surface area contributed by atoms with Gasteiger partial charge in [0.15, 0.2) is 5.69 Å². The van der Waals surface area contributed by atoms with Crippen molar-refractivity contribution in [1.29, 1.82) is 0 Å². The van der Waals surface area contributed by atoms with Gasteiger partial charge in [0, 0.05) is 30.6 Å². The number of benzene rings is 1. The van der Waals surface area contributed by atoms with Crippen LogP contribution in [0.25, 0.3) is 10.9 Å². The number of rotatable bonds is 4. The average Bonchev–Trinajstić information content (AvgIpc) is 3.08. The van der Waals surface area contributed by atoms with Gasteiger partial charge in [-0.05, 0) is 24.1 Å². The first-order chi connectivity index (χ1) is 13.2. The van der Waals surface area contributed by atoms with E-state index in [0.717, 1.165) is 17.3 Å². The summed E-state index contributed by atoms with van der Waals surface area (Å²) in [6.45, 7) is 1.16. The number of methoxy groups -OCH3 is 1. The third-order valence-electron chi connectivity index (χ3n) is 4.98. The largest absolute Gasteiger partial charge is 0.464 e. The van der Waals surface area contributed by atoms with Crippen LogP contribution < -0.4 is 4.90 Å². The van der Waals surface area contributed by atoms with E-state index < -0.39 is 12.1 Å². The summed E-state index contributed by atoms with van der Waals surface area (Å²) < 4.78 is 4.64. The highest BCUT2D eigenvalue weighted by molar-refractivity contribution is 5.86. The Kier molecular flexibility index (Phi) is 4.68. The number of aromatic nitrogens is 3. The van der Waals surface area contributed by atoms with Gasteiger partial charge in [0.05, 0.1) is 31.1 Å². The van der Waals surface area contributed by atoms with Gasteiger partial charge in [-0.2, -0.15) is 0 Å². The van der Waals surface area contributed by atoms with Gasteiger partial charge < -0.3 is 14.7 Å². The lowest BCUT2D eigenvalue weighted by atomic mass is 9.94. The smallest absolute Gasteiger partial charge is 0.358 e. The van der Waals surface area contributed by atoms with Gasteiger partial charge in [-0.1, -0.05) is 18.2 Å². The van der Waals surface area contributed by atoms with E-state index in [0.29, 0.717) is 18.9 Å². The summed E-state index contributed by atoms with van der Waals surface area (Å²) in [5.41, 5.74) is 2.31. The Morgan fingerprint density at radius 3 is 2.81 bits per heavy atom. The zero-order valence-electron chi connectivity index (χ0n) is 14.9. The first-order valence-corrected chi connectivity index (χ1v) is 8.81. The maximum Gasteiger partial charge on any atom is 0.358 e. The number of carbonyl (C=O) groups excluding carboxylic acids is 1. The van der Waals surface area contributed by atoms with E-state index in [-0.39, 0.29) is 11.6 Å². The number of esters is 1. The van der Waals surface area contributed by atoms with Crippen LogP contribution in [0.2, 0.25) is 0 Å². The molecule has 1 saturated heterocycles. The molecule has 7 nitrogen and oxygen atoms in total. The van der Waals surface area contributed by atoms with Crippen molar-refractivity contribution < 1.29 is 14.6 Å². The van der Waals surface area contributed by atoms with Crippen molar-refractivity contribution >= 4 is 22.7 Å². The number of fused-ring (bicyclic) bond motifs is 1. The lowest BCUT2D eigenvalue weighted by Crippen LogP contribution is -2.22. The van der Waals surface area contributed by atoms with Crippen molar-refractivity contribution in [2.24, 2.45) is 5.92 Å². The van der Waals surface area contributed by atoms with E-state index in [2.05, 4.69) is 25.8 Å². The number of carbonyl (C=O) groups is 1. The van der Waals surface area contributed by atoms with E-state index in [1.165, 1.54) is 18.9 Å². The number of hydrogen-bond donors (Lipinski definition) is 1. The van der Waals surface area contributed by atoms with E-state index in [4.69, 9.17) is 0 Å². The normalized spacial score (nSPS) is 19.4. The van der Waals surface area contributed by atoms with Crippen molar-refractivity contribution in [2.75, 3.05) is 25.1 Å². The molecule has 1 N–H and O–H groups in total. The number of nitrogens with zero attached hydrogens (tertiary/aromatic N) is 4. The standard InChI is InChI=1S/C20H20N4O3/c1-27-20(26)17-9-23-19(10-22-17)24-11-14(18(25)12-24)8-13-6-7-21-16-5-3-2-4-15(13)16/h2-7,9-10,14,18,25H,8,11-12H2,1H3/t14-,18-/m1/s1. The molecule has 0 unspecified atom stereocenters. The fourth-order valence-corrected chi connectivity index (χ4v) is 3.55. The zero-order valence-corrected chi connectivity index (χ0v) is 14.9. The molecule has 1 aromatic carbocycles. The van der Waals surface area contributed by atoms with E-state index in [1.54, 1.807) is 6.20 Å². The molecule has 0 bridgehead atoms. The van der Waals surface area contributed by atoms with Gasteiger partial charge in [-0.15, -0.1) is 0 Å². The van der Waals surface area contributed by atoms with Gasteiger partial charge in [0.2, 0.25) is 0 Å². The molecule has 0 amide bonds. The van der Waals surface area contributed by atoms with Crippen molar-refractivity contribution in [3.05, 3.63) is 60.2 Å². The Labute approximate surface area is 156 Å². The van der Waals surface area contributed by atoms with Crippen LogP contribution in [0.1, 0.15) is 16.1 Å². The fourth-order valence-electron chi connectivity index (χ4n) is 3.55. The summed E-state index contributed by atoms with van der Waals surface area (Å²) in [5, 5.41) is 11.7. The SMILES string of the molecule is COC(=O)c1cnc(N2C[C@@H](Cc3ccnc4ccccc34)[C@H](O)C2)cn1.